The van der Waals surface area contributed by atoms with Crippen LogP contribution in [0.4, 0.5) is 0 Å². The molecule has 1 saturated heterocycles. The minimum atomic E-state index is 0.917. The molecule has 78 valence electrons. The molecule has 1 fully saturated rings. The molecule has 0 atom stereocenters. The predicted octanol–water partition coefficient (Wildman–Crippen LogP) is 1.65. The number of aryl methyl sites for hydroxylation is 2. The summed E-state index contributed by atoms with van der Waals surface area (Å²) in [6.45, 7) is 4.41. The van der Waals surface area contributed by atoms with Crippen molar-refractivity contribution in [3.8, 4) is 0 Å². The molecule has 1 aliphatic heterocycles. The first-order chi connectivity index (χ1) is 6.84. The van der Waals surface area contributed by atoms with E-state index >= 15 is 0 Å². The first kappa shape index (κ1) is 9.71. The van der Waals surface area contributed by atoms with Crippen LogP contribution in [0.2, 0.25) is 0 Å². The topological polar surface area (TPSA) is 40.7 Å². The highest BCUT2D eigenvalue weighted by Gasteiger charge is 2.12. The number of nitrogens with zero attached hydrogens (tertiary/aromatic N) is 1. The van der Waals surface area contributed by atoms with E-state index in [0.717, 1.165) is 18.2 Å². The van der Waals surface area contributed by atoms with Crippen LogP contribution in [0.15, 0.2) is 6.20 Å². The number of piperidine rings is 1. The Labute approximate surface area is 85.3 Å². The fourth-order valence-electron chi connectivity index (χ4n) is 2.13. The molecule has 3 nitrogen and oxygen atoms in total. The summed E-state index contributed by atoms with van der Waals surface area (Å²) in [5, 5.41) is 3.40. The van der Waals surface area contributed by atoms with Crippen LogP contribution in [0.3, 0.4) is 0 Å². The molecule has 3 heteroatoms. The van der Waals surface area contributed by atoms with Crippen molar-refractivity contribution in [3.05, 3.63) is 17.7 Å². The van der Waals surface area contributed by atoms with Crippen molar-refractivity contribution in [2.75, 3.05) is 13.1 Å². The van der Waals surface area contributed by atoms with Gasteiger partial charge in [-0.1, -0.05) is 0 Å². The van der Waals surface area contributed by atoms with Crippen LogP contribution in [0, 0.1) is 12.8 Å². The zero-order chi connectivity index (χ0) is 9.80. The van der Waals surface area contributed by atoms with Crippen LogP contribution >= 0.6 is 0 Å². The smallest absolute Gasteiger partial charge is 0.103 e. The highest BCUT2D eigenvalue weighted by molar-refractivity contribution is 5.00. The van der Waals surface area contributed by atoms with Gasteiger partial charge in [0.2, 0.25) is 0 Å². The lowest BCUT2D eigenvalue weighted by Crippen LogP contribution is -2.27. The number of aromatic amines is 1. The van der Waals surface area contributed by atoms with E-state index in [0.29, 0.717) is 0 Å². The van der Waals surface area contributed by atoms with Crippen LogP contribution in [-0.4, -0.2) is 23.1 Å². The number of H-pyrrole nitrogens is 1. The zero-order valence-corrected chi connectivity index (χ0v) is 8.84. The van der Waals surface area contributed by atoms with E-state index in [4.69, 9.17) is 0 Å². The number of hydrogen-bond donors (Lipinski definition) is 2. The molecule has 1 aromatic heterocycles. The minimum absolute atomic E-state index is 0.917. The average Bonchev–Trinajstić information content (AvgIpc) is 2.63. The predicted molar refractivity (Wildman–Crippen MR) is 57.2 cm³/mol. The lowest BCUT2D eigenvalue weighted by molar-refractivity contribution is 0.353. The van der Waals surface area contributed by atoms with Gasteiger partial charge in [0.25, 0.3) is 0 Å². The number of aromatic nitrogens is 2. The maximum absolute atomic E-state index is 4.21. The van der Waals surface area contributed by atoms with E-state index in [-0.39, 0.29) is 0 Å². The largest absolute Gasteiger partial charge is 0.346 e. The lowest BCUT2D eigenvalue weighted by atomic mass is 9.93. The molecule has 0 spiro atoms. The molecule has 1 aromatic rings. The van der Waals surface area contributed by atoms with Crippen molar-refractivity contribution in [3.63, 3.8) is 0 Å². The molecule has 2 heterocycles. The van der Waals surface area contributed by atoms with Gasteiger partial charge in [0.15, 0.2) is 0 Å². The molecular weight excluding hydrogens is 174 g/mol. The van der Waals surface area contributed by atoms with E-state index in [1.54, 1.807) is 0 Å². The maximum Gasteiger partial charge on any atom is 0.103 e. The second kappa shape index (κ2) is 4.60. The molecule has 0 radical (unpaired) electrons. The molecule has 1 aliphatic rings. The van der Waals surface area contributed by atoms with Crippen molar-refractivity contribution in [2.24, 2.45) is 5.92 Å². The summed E-state index contributed by atoms with van der Waals surface area (Å²) < 4.78 is 0. The monoisotopic (exact) mass is 193 g/mol. The first-order valence-corrected chi connectivity index (χ1v) is 5.56. The van der Waals surface area contributed by atoms with Gasteiger partial charge in [-0.15, -0.1) is 0 Å². The van der Waals surface area contributed by atoms with Gasteiger partial charge < -0.3 is 10.3 Å². The number of imidazole rings is 1. The van der Waals surface area contributed by atoms with Gasteiger partial charge in [0, 0.05) is 11.9 Å². The summed E-state index contributed by atoms with van der Waals surface area (Å²) in [7, 11) is 0. The van der Waals surface area contributed by atoms with Crippen molar-refractivity contribution < 1.29 is 0 Å². The Kier molecular flexibility index (Phi) is 3.19. The third-order valence-electron chi connectivity index (χ3n) is 3.04. The van der Waals surface area contributed by atoms with Gasteiger partial charge in [-0.25, -0.2) is 4.98 Å². The summed E-state index contributed by atoms with van der Waals surface area (Å²) in [4.78, 5) is 7.50. The van der Waals surface area contributed by atoms with Crippen LogP contribution in [-0.2, 0) is 6.42 Å². The van der Waals surface area contributed by atoms with Gasteiger partial charge >= 0.3 is 0 Å². The SMILES string of the molecule is Cc1ncc(CCC2CCNCC2)[nH]1. The van der Waals surface area contributed by atoms with Crippen molar-refractivity contribution in [1.29, 1.82) is 0 Å². The van der Waals surface area contributed by atoms with E-state index in [1.807, 2.05) is 13.1 Å². The number of hydrogen-bond acceptors (Lipinski definition) is 2. The summed E-state index contributed by atoms with van der Waals surface area (Å²) in [5.41, 5.74) is 1.29. The van der Waals surface area contributed by atoms with Gasteiger partial charge in [-0.05, 0) is 51.6 Å². The fraction of sp³-hybridized carbons (Fsp3) is 0.727. The second-order valence-corrected chi connectivity index (χ2v) is 4.23. The summed E-state index contributed by atoms with van der Waals surface area (Å²) in [6.07, 6.45) is 7.12. The molecule has 0 aromatic carbocycles. The quantitative estimate of drug-likeness (QED) is 0.766. The van der Waals surface area contributed by atoms with Crippen LogP contribution < -0.4 is 5.32 Å². The number of nitrogens with one attached hydrogen (secondary N) is 2. The minimum Gasteiger partial charge on any atom is -0.346 e. The number of rotatable bonds is 3. The third-order valence-corrected chi connectivity index (χ3v) is 3.04. The molecule has 0 saturated carbocycles. The Morgan fingerprint density at radius 2 is 2.21 bits per heavy atom. The Morgan fingerprint density at radius 3 is 2.86 bits per heavy atom. The lowest BCUT2D eigenvalue weighted by Gasteiger charge is -2.21. The third kappa shape index (κ3) is 2.58. The highest BCUT2D eigenvalue weighted by atomic mass is 14.9. The van der Waals surface area contributed by atoms with E-state index in [9.17, 15) is 0 Å². The van der Waals surface area contributed by atoms with E-state index in [1.165, 1.54) is 38.0 Å². The molecule has 2 N–H and O–H groups in total. The molecule has 2 rings (SSSR count). The molecule has 0 unspecified atom stereocenters. The maximum atomic E-state index is 4.21. The Balaban J connectivity index is 1.76. The van der Waals surface area contributed by atoms with Crippen molar-refractivity contribution in [1.82, 2.24) is 15.3 Å². The van der Waals surface area contributed by atoms with Gasteiger partial charge in [0.1, 0.15) is 5.82 Å². The molecule has 0 bridgehead atoms. The highest BCUT2D eigenvalue weighted by Crippen LogP contribution is 2.17. The summed E-state index contributed by atoms with van der Waals surface area (Å²) >= 11 is 0. The summed E-state index contributed by atoms with van der Waals surface area (Å²) in [5.74, 6) is 1.95. The van der Waals surface area contributed by atoms with Crippen LogP contribution in [0.1, 0.15) is 30.8 Å². The Morgan fingerprint density at radius 1 is 1.43 bits per heavy atom. The molecule has 0 amide bonds. The zero-order valence-electron chi connectivity index (χ0n) is 8.84. The van der Waals surface area contributed by atoms with Crippen LogP contribution in [0.5, 0.6) is 0 Å². The van der Waals surface area contributed by atoms with Crippen molar-refractivity contribution >= 4 is 0 Å². The van der Waals surface area contributed by atoms with E-state index in [2.05, 4.69) is 15.3 Å². The standard InChI is InChI=1S/C11H19N3/c1-9-13-8-11(14-9)3-2-10-4-6-12-7-5-10/h8,10,12H,2-7H2,1H3,(H,13,14). The van der Waals surface area contributed by atoms with Gasteiger partial charge in [0.05, 0.1) is 0 Å². The van der Waals surface area contributed by atoms with Gasteiger partial charge in [-0.3, -0.25) is 0 Å². The molecule has 14 heavy (non-hydrogen) atoms. The fourth-order valence-corrected chi connectivity index (χ4v) is 2.13. The van der Waals surface area contributed by atoms with E-state index < -0.39 is 0 Å². The molecule has 0 aliphatic carbocycles. The van der Waals surface area contributed by atoms with Crippen LogP contribution in [0.25, 0.3) is 0 Å². The Bertz CT molecular complexity index is 274. The first-order valence-electron chi connectivity index (χ1n) is 5.56. The normalized spacial score (nSPS) is 18.6. The van der Waals surface area contributed by atoms with Gasteiger partial charge in [-0.2, -0.15) is 0 Å². The Hall–Kier alpha value is -0.830. The second-order valence-electron chi connectivity index (χ2n) is 4.23. The summed E-state index contributed by atoms with van der Waals surface area (Å²) in [6, 6.07) is 0. The van der Waals surface area contributed by atoms with Crippen molar-refractivity contribution in [2.45, 2.75) is 32.6 Å². The average molecular weight is 193 g/mol. The molecular formula is C11H19N3.